The normalized spacial score (nSPS) is 15.0. The summed E-state index contributed by atoms with van der Waals surface area (Å²) in [5, 5.41) is 4.50. The summed E-state index contributed by atoms with van der Waals surface area (Å²) in [6, 6.07) is 12.3. The number of aromatic nitrogens is 2. The maximum absolute atomic E-state index is 6.14. The van der Waals surface area contributed by atoms with Crippen molar-refractivity contribution in [1.29, 1.82) is 0 Å². The monoisotopic (exact) mass is 348 g/mol. The van der Waals surface area contributed by atoms with Crippen molar-refractivity contribution in [2.24, 2.45) is 0 Å². The van der Waals surface area contributed by atoms with E-state index in [-0.39, 0.29) is 6.04 Å². The van der Waals surface area contributed by atoms with Crippen molar-refractivity contribution in [3.05, 3.63) is 53.3 Å². The molecule has 0 saturated heterocycles. The number of nitrogen functional groups attached to an aromatic ring is 1. The average Bonchev–Trinajstić information content (AvgIpc) is 3.46. The molecule has 1 aliphatic carbocycles. The number of methoxy groups -OCH3 is 1. The van der Waals surface area contributed by atoms with Crippen molar-refractivity contribution < 1.29 is 4.74 Å². The topological polar surface area (TPSA) is 73.1 Å². The molecule has 1 saturated carbocycles. The first-order valence-electron chi connectivity index (χ1n) is 9.03. The molecule has 5 heteroatoms. The molecule has 5 nitrogen and oxygen atoms in total. The van der Waals surface area contributed by atoms with Gasteiger partial charge in [0.05, 0.1) is 18.7 Å². The van der Waals surface area contributed by atoms with Gasteiger partial charge < -0.3 is 15.8 Å². The van der Waals surface area contributed by atoms with E-state index in [1.54, 1.807) is 7.11 Å². The second-order valence-electron chi connectivity index (χ2n) is 7.08. The second-order valence-corrected chi connectivity index (χ2v) is 7.08. The van der Waals surface area contributed by atoms with Gasteiger partial charge >= 0.3 is 0 Å². The highest BCUT2D eigenvalue weighted by Crippen LogP contribution is 2.41. The van der Waals surface area contributed by atoms with Crippen molar-refractivity contribution in [2.75, 3.05) is 18.2 Å². The van der Waals surface area contributed by atoms with Gasteiger partial charge in [-0.05, 0) is 74.1 Å². The zero-order valence-corrected chi connectivity index (χ0v) is 15.4. The predicted molar refractivity (Wildman–Crippen MR) is 106 cm³/mol. The molecule has 3 aromatic rings. The van der Waals surface area contributed by atoms with E-state index in [0.29, 0.717) is 5.92 Å². The summed E-state index contributed by atoms with van der Waals surface area (Å²) in [7, 11) is 1.66. The van der Waals surface area contributed by atoms with Crippen LogP contribution in [0.1, 0.15) is 48.7 Å². The first kappa shape index (κ1) is 16.6. The summed E-state index contributed by atoms with van der Waals surface area (Å²) in [6.45, 7) is 4.04. The minimum absolute atomic E-state index is 0.0831. The SMILES string of the molecule is COc1ccc2nc(C)nc(N[C@H](C)c3cc(N)cc(C4CC4)c3)c2c1. The lowest BCUT2D eigenvalue weighted by Gasteiger charge is -2.18. The minimum atomic E-state index is 0.0831. The lowest BCUT2D eigenvalue weighted by Crippen LogP contribution is -2.10. The number of aryl methyl sites for hydroxylation is 1. The first-order valence-corrected chi connectivity index (χ1v) is 9.03. The lowest BCUT2D eigenvalue weighted by atomic mass is 10.0. The highest BCUT2D eigenvalue weighted by atomic mass is 16.5. The van der Waals surface area contributed by atoms with Gasteiger partial charge in [0.2, 0.25) is 0 Å². The molecule has 2 aromatic carbocycles. The zero-order valence-electron chi connectivity index (χ0n) is 15.4. The summed E-state index contributed by atoms with van der Waals surface area (Å²) >= 11 is 0. The Morgan fingerprint density at radius 3 is 2.69 bits per heavy atom. The highest BCUT2D eigenvalue weighted by Gasteiger charge is 2.24. The summed E-state index contributed by atoms with van der Waals surface area (Å²) in [4.78, 5) is 9.15. The van der Waals surface area contributed by atoms with Crippen LogP contribution in [-0.4, -0.2) is 17.1 Å². The maximum atomic E-state index is 6.14. The summed E-state index contributed by atoms with van der Waals surface area (Å²) in [5.74, 6) is 3.02. The third-order valence-electron chi connectivity index (χ3n) is 4.92. The van der Waals surface area contributed by atoms with E-state index in [9.17, 15) is 0 Å². The van der Waals surface area contributed by atoms with Gasteiger partial charge in [0.15, 0.2) is 0 Å². The van der Waals surface area contributed by atoms with Gasteiger partial charge in [-0.15, -0.1) is 0 Å². The molecular formula is C21H24N4O. The van der Waals surface area contributed by atoms with Crippen molar-refractivity contribution in [1.82, 2.24) is 9.97 Å². The molecule has 1 atom stereocenters. The van der Waals surface area contributed by atoms with Crippen molar-refractivity contribution in [3.8, 4) is 5.75 Å². The smallest absolute Gasteiger partial charge is 0.138 e. The lowest BCUT2D eigenvalue weighted by molar-refractivity contribution is 0.415. The van der Waals surface area contributed by atoms with Gasteiger partial charge in [0, 0.05) is 11.1 Å². The number of nitrogens with one attached hydrogen (secondary N) is 1. The molecule has 4 rings (SSSR count). The molecule has 1 aromatic heterocycles. The van der Waals surface area contributed by atoms with E-state index in [1.807, 2.05) is 31.2 Å². The number of fused-ring (bicyclic) bond motifs is 1. The van der Waals surface area contributed by atoms with Gasteiger partial charge in [-0.25, -0.2) is 9.97 Å². The quantitative estimate of drug-likeness (QED) is 0.660. The molecule has 0 unspecified atom stereocenters. The fourth-order valence-electron chi connectivity index (χ4n) is 3.35. The largest absolute Gasteiger partial charge is 0.497 e. The molecule has 1 aliphatic rings. The number of nitrogens with two attached hydrogens (primary N) is 1. The van der Waals surface area contributed by atoms with Crippen LogP contribution in [0.15, 0.2) is 36.4 Å². The molecule has 1 fully saturated rings. The zero-order chi connectivity index (χ0) is 18.3. The summed E-state index contributed by atoms with van der Waals surface area (Å²) < 4.78 is 5.36. The third-order valence-corrected chi connectivity index (χ3v) is 4.92. The Morgan fingerprint density at radius 2 is 1.96 bits per heavy atom. The number of rotatable bonds is 5. The molecule has 0 aliphatic heterocycles. The Morgan fingerprint density at radius 1 is 1.15 bits per heavy atom. The fourth-order valence-corrected chi connectivity index (χ4v) is 3.35. The number of ether oxygens (including phenoxy) is 1. The van der Waals surface area contributed by atoms with Crippen LogP contribution in [-0.2, 0) is 0 Å². The second kappa shape index (κ2) is 6.48. The van der Waals surface area contributed by atoms with Gasteiger partial charge in [0.25, 0.3) is 0 Å². The molecule has 0 amide bonds. The van der Waals surface area contributed by atoms with Crippen molar-refractivity contribution >= 4 is 22.4 Å². The molecular weight excluding hydrogens is 324 g/mol. The van der Waals surface area contributed by atoms with Gasteiger partial charge in [0.1, 0.15) is 17.4 Å². The van der Waals surface area contributed by atoms with Gasteiger partial charge in [-0.2, -0.15) is 0 Å². The number of anilines is 2. The highest BCUT2D eigenvalue weighted by molar-refractivity contribution is 5.90. The van der Waals surface area contributed by atoms with Gasteiger partial charge in [-0.3, -0.25) is 0 Å². The van der Waals surface area contributed by atoms with Crippen LogP contribution in [0.5, 0.6) is 5.75 Å². The molecule has 0 spiro atoms. The maximum Gasteiger partial charge on any atom is 0.138 e. The Balaban J connectivity index is 1.70. The number of benzene rings is 2. The third kappa shape index (κ3) is 3.29. The molecule has 134 valence electrons. The van der Waals surface area contributed by atoms with Crippen LogP contribution >= 0.6 is 0 Å². The minimum Gasteiger partial charge on any atom is -0.497 e. The van der Waals surface area contributed by atoms with Crippen LogP contribution < -0.4 is 15.8 Å². The fraction of sp³-hybridized carbons (Fsp3) is 0.333. The molecule has 0 bridgehead atoms. The van der Waals surface area contributed by atoms with E-state index in [4.69, 9.17) is 10.5 Å². The van der Waals surface area contributed by atoms with E-state index in [1.165, 1.54) is 24.0 Å². The van der Waals surface area contributed by atoms with Crippen LogP contribution in [0.3, 0.4) is 0 Å². The predicted octanol–water partition coefficient (Wildman–Crippen LogP) is 4.58. The molecule has 1 heterocycles. The van der Waals surface area contributed by atoms with Gasteiger partial charge in [-0.1, -0.05) is 6.07 Å². The van der Waals surface area contributed by atoms with Crippen molar-refractivity contribution in [3.63, 3.8) is 0 Å². The van der Waals surface area contributed by atoms with Crippen molar-refractivity contribution in [2.45, 2.75) is 38.6 Å². The van der Waals surface area contributed by atoms with Crippen LogP contribution in [0.2, 0.25) is 0 Å². The van der Waals surface area contributed by atoms with Crippen LogP contribution in [0.4, 0.5) is 11.5 Å². The number of nitrogens with zero attached hydrogens (tertiary/aromatic N) is 2. The standard InChI is InChI=1S/C21H24N4O/c1-12(15-8-16(14-4-5-14)10-17(22)9-15)23-21-19-11-18(26-3)6-7-20(19)24-13(2)25-21/h6-12,14H,4-5,22H2,1-3H3,(H,23,24,25)/t12-/m1/s1. The average molecular weight is 348 g/mol. The Labute approximate surface area is 153 Å². The Kier molecular flexibility index (Phi) is 4.15. The van der Waals surface area contributed by atoms with E-state index < -0.39 is 0 Å². The molecule has 3 N–H and O–H groups in total. The molecule has 0 radical (unpaired) electrons. The van der Waals surface area contributed by atoms with E-state index >= 15 is 0 Å². The Hall–Kier alpha value is -2.82. The van der Waals surface area contributed by atoms with Crippen LogP contribution in [0.25, 0.3) is 10.9 Å². The number of hydrogen-bond donors (Lipinski definition) is 2. The number of hydrogen-bond acceptors (Lipinski definition) is 5. The Bertz CT molecular complexity index is 966. The van der Waals surface area contributed by atoms with Crippen LogP contribution in [0, 0.1) is 6.92 Å². The first-order chi connectivity index (χ1) is 12.5. The summed E-state index contributed by atoms with van der Waals surface area (Å²) in [6.07, 6.45) is 2.53. The molecule has 26 heavy (non-hydrogen) atoms. The summed E-state index contributed by atoms with van der Waals surface area (Å²) in [5.41, 5.74) is 10.4. The van der Waals surface area contributed by atoms with E-state index in [2.05, 4.69) is 34.3 Å². The van der Waals surface area contributed by atoms with E-state index in [0.717, 1.165) is 34.0 Å².